The minimum Gasteiger partial charge on any atom is -0.351 e. The molecule has 5 nitrogen and oxygen atoms in total. The third-order valence-electron chi connectivity index (χ3n) is 4.05. The molecule has 0 unspecified atom stereocenters. The highest BCUT2D eigenvalue weighted by Gasteiger charge is 2.29. The number of carbonyl (C=O) groups excluding carboxylic acids is 2. The maximum atomic E-state index is 12.3. The van der Waals surface area contributed by atoms with Crippen molar-refractivity contribution in [1.29, 1.82) is 0 Å². The number of rotatable bonds is 4. The van der Waals surface area contributed by atoms with Crippen molar-refractivity contribution in [3.05, 3.63) is 34.9 Å². The lowest BCUT2D eigenvalue weighted by Crippen LogP contribution is -2.53. The van der Waals surface area contributed by atoms with Gasteiger partial charge in [0.25, 0.3) is 0 Å². The minimum absolute atomic E-state index is 0.00873. The fourth-order valence-electron chi connectivity index (χ4n) is 2.69. The van der Waals surface area contributed by atoms with E-state index in [1.54, 1.807) is 0 Å². The number of amides is 2. The first kappa shape index (κ1) is 18.7. The molecule has 1 aromatic carbocycles. The molecule has 1 saturated heterocycles. The van der Waals surface area contributed by atoms with E-state index in [0.717, 1.165) is 18.7 Å². The van der Waals surface area contributed by atoms with E-state index in [1.807, 2.05) is 49.9 Å². The number of carbonyl (C=O) groups is 2. The van der Waals surface area contributed by atoms with Crippen LogP contribution in [0.15, 0.2) is 24.3 Å². The van der Waals surface area contributed by atoms with E-state index in [2.05, 4.69) is 10.2 Å². The molecule has 1 aliphatic rings. The lowest BCUT2D eigenvalue weighted by molar-refractivity contribution is -0.141. The van der Waals surface area contributed by atoms with E-state index in [0.29, 0.717) is 31.2 Å². The molecule has 0 bridgehead atoms. The highest BCUT2D eigenvalue weighted by molar-refractivity contribution is 6.30. The highest BCUT2D eigenvalue weighted by Crippen LogP contribution is 2.18. The Morgan fingerprint density at radius 2 is 1.83 bits per heavy atom. The second-order valence-electron chi connectivity index (χ2n) is 7.22. The summed E-state index contributed by atoms with van der Waals surface area (Å²) in [7, 11) is 0. The lowest BCUT2D eigenvalue weighted by atomic mass is 9.94. The van der Waals surface area contributed by atoms with Crippen LogP contribution in [0.25, 0.3) is 0 Å². The normalized spacial score (nSPS) is 16.1. The monoisotopic (exact) mass is 351 g/mol. The zero-order valence-electron chi connectivity index (χ0n) is 14.6. The molecule has 1 N–H and O–H groups in total. The van der Waals surface area contributed by atoms with Crippen LogP contribution in [-0.2, 0) is 16.1 Å². The van der Waals surface area contributed by atoms with Crippen LogP contribution in [0.4, 0.5) is 0 Å². The van der Waals surface area contributed by atoms with Crippen LogP contribution in [0.1, 0.15) is 26.3 Å². The quantitative estimate of drug-likeness (QED) is 0.904. The summed E-state index contributed by atoms with van der Waals surface area (Å²) in [6.45, 7) is 9.45. The molecule has 1 aromatic rings. The van der Waals surface area contributed by atoms with Crippen LogP contribution >= 0.6 is 11.6 Å². The van der Waals surface area contributed by atoms with Gasteiger partial charge in [0.2, 0.25) is 11.8 Å². The van der Waals surface area contributed by atoms with Gasteiger partial charge < -0.3 is 10.2 Å². The van der Waals surface area contributed by atoms with Crippen LogP contribution < -0.4 is 5.32 Å². The van der Waals surface area contributed by atoms with Gasteiger partial charge in [0.1, 0.15) is 0 Å². The predicted octanol–water partition coefficient (Wildman–Crippen LogP) is 2.15. The molecular weight excluding hydrogens is 326 g/mol. The zero-order chi connectivity index (χ0) is 17.7. The molecule has 1 aliphatic heterocycles. The van der Waals surface area contributed by atoms with Gasteiger partial charge in [0.05, 0.1) is 6.54 Å². The Hall–Kier alpha value is -1.59. The van der Waals surface area contributed by atoms with Crippen molar-refractivity contribution in [2.75, 3.05) is 32.7 Å². The third kappa shape index (κ3) is 5.49. The standard InChI is InChI=1S/C18H26ClN3O2/c1-18(2,3)17(24)22-9-7-21(8-10-22)13-16(23)20-12-14-5-4-6-15(19)11-14/h4-6,11H,7-10,12-13H2,1-3H3,(H,20,23). The van der Waals surface area contributed by atoms with Crippen molar-refractivity contribution < 1.29 is 9.59 Å². The lowest BCUT2D eigenvalue weighted by Gasteiger charge is -2.37. The Morgan fingerprint density at radius 3 is 2.42 bits per heavy atom. The number of nitrogens with one attached hydrogen (secondary N) is 1. The number of hydrogen-bond donors (Lipinski definition) is 1. The molecular formula is C18H26ClN3O2. The molecule has 0 radical (unpaired) electrons. The third-order valence-corrected chi connectivity index (χ3v) is 4.28. The molecule has 0 spiro atoms. The van der Waals surface area contributed by atoms with Gasteiger partial charge in [-0.2, -0.15) is 0 Å². The van der Waals surface area contributed by atoms with Crippen molar-refractivity contribution in [3.8, 4) is 0 Å². The largest absolute Gasteiger partial charge is 0.351 e. The molecule has 2 amide bonds. The van der Waals surface area contributed by atoms with Crippen molar-refractivity contribution in [3.63, 3.8) is 0 Å². The highest BCUT2D eigenvalue weighted by atomic mass is 35.5. The van der Waals surface area contributed by atoms with Crippen LogP contribution in [0.2, 0.25) is 5.02 Å². The second-order valence-corrected chi connectivity index (χ2v) is 7.66. The minimum atomic E-state index is -0.351. The molecule has 0 aliphatic carbocycles. The topological polar surface area (TPSA) is 52.7 Å². The Balaban J connectivity index is 1.73. The van der Waals surface area contributed by atoms with Crippen molar-refractivity contribution >= 4 is 23.4 Å². The molecule has 1 heterocycles. The molecule has 0 atom stereocenters. The molecule has 24 heavy (non-hydrogen) atoms. The van der Waals surface area contributed by atoms with Crippen LogP contribution in [-0.4, -0.2) is 54.3 Å². The fraction of sp³-hybridized carbons (Fsp3) is 0.556. The number of hydrogen-bond acceptors (Lipinski definition) is 3. The van der Waals surface area contributed by atoms with E-state index in [4.69, 9.17) is 11.6 Å². The van der Waals surface area contributed by atoms with E-state index in [1.165, 1.54) is 0 Å². The summed E-state index contributed by atoms with van der Waals surface area (Å²) in [4.78, 5) is 28.3. The summed E-state index contributed by atoms with van der Waals surface area (Å²) in [6.07, 6.45) is 0. The summed E-state index contributed by atoms with van der Waals surface area (Å²) < 4.78 is 0. The summed E-state index contributed by atoms with van der Waals surface area (Å²) >= 11 is 5.93. The van der Waals surface area contributed by atoms with Crippen LogP contribution in [0, 0.1) is 5.41 Å². The Labute approximate surface area is 149 Å². The van der Waals surface area contributed by atoms with Gasteiger partial charge in [-0.15, -0.1) is 0 Å². The first-order valence-electron chi connectivity index (χ1n) is 8.28. The average Bonchev–Trinajstić information content (AvgIpc) is 2.52. The summed E-state index contributed by atoms with van der Waals surface area (Å²) in [5, 5.41) is 3.58. The van der Waals surface area contributed by atoms with Gasteiger partial charge in [0.15, 0.2) is 0 Å². The second kappa shape index (κ2) is 7.99. The van der Waals surface area contributed by atoms with Gasteiger partial charge in [0, 0.05) is 43.2 Å². The van der Waals surface area contributed by atoms with Crippen LogP contribution in [0.3, 0.4) is 0 Å². The van der Waals surface area contributed by atoms with E-state index >= 15 is 0 Å². The first-order chi connectivity index (χ1) is 11.3. The maximum absolute atomic E-state index is 12.3. The molecule has 2 rings (SSSR count). The van der Waals surface area contributed by atoms with Crippen molar-refractivity contribution in [2.24, 2.45) is 5.41 Å². The van der Waals surface area contributed by atoms with Gasteiger partial charge in [-0.25, -0.2) is 0 Å². The van der Waals surface area contributed by atoms with Crippen molar-refractivity contribution in [1.82, 2.24) is 15.1 Å². The molecule has 1 fully saturated rings. The fourth-order valence-corrected chi connectivity index (χ4v) is 2.90. The van der Waals surface area contributed by atoms with Gasteiger partial charge in [-0.1, -0.05) is 44.5 Å². The summed E-state index contributed by atoms with van der Waals surface area (Å²) in [5.74, 6) is 0.165. The van der Waals surface area contributed by atoms with E-state index < -0.39 is 0 Å². The predicted molar refractivity (Wildman–Crippen MR) is 95.8 cm³/mol. The number of halogens is 1. The Morgan fingerprint density at radius 1 is 1.17 bits per heavy atom. The summed E-state index contributed by atoms with van der Waals surface area (Å²) in [5.41, 5.74) is 0.632. The number of nitrogens with zero attached hydrogens (tertiary/aromatic N) is 2. The summed E-state index contributed by atoms with van der Waals surface area (Å²) in [6, 6.07) is 7.46. The Bertz CT molecular complexity index is 590. The molecule has 6 heteroatoms. The smallest absolute Gasteiger partial charge is 0.234 e. The molecule has 0 saturated carbocycles. The van der Waals surface area contributed by atoms with Crippen molar-refractivity contribution in [2.45, 2.75) is 27.3 Å². The average molecular weight is 352 g/mol. The SMILES string of the molecule is CC(C)(C)C(=O)N1CCN(CC(=O)NCc2cccc(Cl)c2)CC1. The van der Waals surface area contributed by atoms with Gasteiger partial charge >= 0.3 is 0 Å². The Kier molecular flexibility index (Phi) is 6.24. The van der Waals surface area contributed by atoms with Gasteiger partial charge in [-0.3, -0.25) is 14.5 Å². The number of benzene rings is 1. The van der Waals surface area contributed by atoms with Crippen LogP contribution in [0.5, 0.6) is 0 Å². The van der Waals surface area contributed by atoms with E-state index in [9.17, 15) is 9.59 Å². The number of piperazine rings is 1. The maximum Gasteiger partial charge on any atom is 0.234 e. The van der Waals surface area contributed by atoms with E-state index in [-0.39, 0.29) is 17.2 Å². The molecule has 0 aromatic heterocycles. The zero-order valence-corrected chi connectivity index (χ0v) is 15.4. The molecule has 132 valence electrons. The first-order valence-corrected chi connectivity index (χ1v) is 8.66. The van der Waals surface area contributed by atoms with Gasteiger partial charge in [-0.05, 0) is 17.7 Å².